The van der Waals surface area contributed by atoms with Gasteiger partial charge in [-0.15, -0.1) is 0 Å². The third-order valence-electron chi connectivity index (χ3n) is 2.82. The second-order valence-electron chi connectivity index (χ2n) is 4.23. The molecule has 1 N–H and O–H groups in total. The minimum atomic E-state index is -0.804. The molecule has 2 rings (SSSR count). The van der Waals surface area contributed by atoms with Crippen LogP contribution in [0.3, 0.4) is 0 Å². The summed E-state index contributed by atoms with van der Waals surface area (Å²) in [6.45, 7) is 3.73. The molecule has 0 saturated carbocycles. The molecule has 3 nitrogen and oxygen atoms in total. The number of hydrogen-bond acceptors (Lipinski definition) is 2. The number of nitrogens with one attached hydrogen (secondary N) is 1. The quantitative estimate of drug-likeness (QED) is 0.804. The Balaban J connectivity index is 2.18. The number of piperazine rings is 1. The summed E-state index contributed by atoms with van der Waals surface area (Å²) in [7, 11) is 0. The van der Waals surface area contributed by atoms with Gasteiger partial charge in [-0.05, 0) is 19.1 Å². The van der Waals surface area contributed by atoms with Gasteiger partial charge in [0.25, 0.3) is 5.91 Å². The largest absolute Gasteiger partial charge is 0.336 e. The fourth-order valence-electron chi connectivity index (χ4n) is 1.95. The molecule has 1 amide bonds. The number of nitrogens with zero attached hydrogens (tertiary/aromatic N) is 1. The lowest BCUT2D eigenvalue weighted by Gasteiger charge is -2.32. The van der Waals surface area contributed by atoms with Crippen molar-refractivity contribution in [2.45, 2.75) is 13.0 Å². The van der Waals surface area contributed by atoms with Gasteiger partial charge in [0.2, 0.25) is 0 Å². The number of amides is 1. The van der Waals surface area contributed by atoms with E-state index in [2.05, 4.69) is 5.32 Å². The minimum absolute atomic E-state index is 0.0690. The molecule has 1 unspecified atom stereocenters. The van der Waals surface area contributed by atoms with Crippen LogP contribution in [0.5, 0.6) is 0 Å². The summed E-state index contributed by atoms with van der Waals surface area (Å²) in [5.74, 6) is -1.86. The molecule has 0 bridgehead atoms. The van der Waals surface area contributed by atoms with Crippen molar-refractivity contribution in [2.75, 3.05) is 19.6 Å². The van der Waals surface area contributed by atoms with E-state index in [1.165, 1.54) is 6.07 Å². The van der Waals surface area contributed by atoms with E-state index in [4.69, 9.17) is 0 Å². The maximum Gasteiger partial charge on any atom is 0.256 e. The normalized spacial score (nSPS) is 20.4. The Bertz CT molecular complexity index is 437. The first kappa shape index (κ1) is 12.0. The zero-order valence-corrected chi connectivity index (χ0v) is 9.54. The summed E-state index contributed by atoms with van der Waals surface area (Å²) >= 11 is 0. The summed E-state index contributed by atoms with van der Waals surface area (Å²) in [6.07, 6.45) is 0. The molecule has 1 aliphatic heterocycles. The first-order chi connectivity index (χ1) is 8.08. The number of rotatable bonds is 1. The van der Waals surface area contributed by atoms with E-state index in [-0.39, 0.29) is 17.5 Å². The van der Waals surface area contributed by atoms with Gasteiger partial charge in [0.1, 0.15) is 11.6 Å². The predicted molar refractivity (Wildman–Crippen MR) is 59.7 cm³/mol. The van der Waals surface area contributed by atoms with Gasteiger partial charge in [-0.3, -0.25) is 4.79 Å². The van der Waals surface area contributed by atoms with E-state index < -0.39 is 11.6 Å². The Morgan fingerprint density at radius 2 is 2.24 bits per heavy atom. The van der Waals surface area contributed by atoms with Crippen LogP contribution in [0.1, 0.15) is 17.3 Å². The van der Waals surface area contributed by atoms with E-state index in [1.807, 2.05) is 6.92 Å². The Labute approximate surface area is 98.4 Å². The topological polar surface area (TPSA) is 32.3 Å². The monoisotopic (exact) mass is 240 g/mol. The molecule has 1 aromatic rings. The number of hydrogen-bond donors (Lipinski definition) is 1. The van der Waals surface area contributed by atoms with Crippen LogP contribution in [0.25, 0.3) is 0 Å². The second-order valence-corrected chi connectivity index (χ2v) is 4.23. The first-order valence-corrected chi connectivity index (χ1v) is 5.55. The molecular weight excluding hydrogens is 226 g/mol. The van der Waals surface area contributed by atoms with Crippen molar-refractivity contribution < 1.29 is 13.6 Å². The highest BCUT2D eigenvalue weighted by Crippen LogP contribution is 2.13. The van der Waals surface area contributed by atoms with Crippen molar-refractivity contribution in [1.29, 1.82) is 0 Å². The lowest BCUT2D eigenvalue weighted by atomic mass is 10.1. The predicted octanol–water partition coefficient (Wildman–Crippen LogP) is 1.40. The first-order valence-electron chi connectivity index (χ1n) is 5.55. The van der Waals surface area contributed by atoms with Gasteiger partial charge in [-0.1, -0.05) is 0 Å². The summed E-state index contributed by atoms with van der Waals surface area (Å²) in [4.78, 5) is 13.6. The van der Waals surface area contributed by atoms with E-state index in [0.717, 1.165) is 12.1 Å². The van der Waals surface area contributed by atoms with Crippen LogP contribution in [0.15, 0.2) is 18.2 Å². The summed E-state index contributed by atoms with van der Waals surface area (Å²) < 4.78 is 26.2. The molecule has 0 aromatic heterocycles. The molecule has 1 atom stereocenters. The number of carbonyl (C=O) groups excluding carboxylic acids is 1. The van der Waals surface area contributed by atoms with Crippen molar-refractivity contribution in [3.63, 3.8) is 0 Å². The molecule has 1 heterocycles. The molecule has 0 radical (unpaired) electrons. The number of carbonyl (C=O) groups is 1. The minimum Gasteiger partial charge on any atom is -0.336 e. The van der Waals surface area contributed by atoms with E-state index >= 15 is 0 Å². The van der Waals surface area contributed by atoms with Crippen molar-refractivity contribution in [2.24, 2.45) is 0 Å². The third kappa shape index (κ3) is 2.61. The Hall–Kier alpha value is -1.49. The van der Waals surface area contributed by atoms with Crippen molar-refractivity contribution in [1.82, 2.24) is 10.2 Å². The van der Waals surface area contributed by atoms with Crippen LogP contribution in [0, 0.1) is 11.6 Å². The van der Waals surface area contributed by atoms with Gasteiger partial charge < -0.3 is 10.2 Å². The average Bonchev–Trinajstić information content (AvgIpc) is 2.28. The van der Waals surface area contributed by atoms with E-state index in [1.54, 1.807) is 4.90 Å². The van der Waals surface area contributed by atoms with Crippen molar-refractivity contribution >= 4 is 5.91 Å². The maximum absolute atomic E-state index is 13.4. The van der Waals surface area contributed by atoms with Crippen LogP contribution in [0.2, 0.25) is 0 Å². The molecule has 1 fully saturated rings. The van der Waals surface area contributed by atoms with Crippen molar-refractivity contribution in [3.8, 4) is 0 Å². The Morgan fingerprint density at radius 3 is 2.88 bits per heavy atom. The molecule has 1 aliphatic rings. The van der Waals surface area contributed by atoms with Crippen LogP contribution >= 0.6 is 0 Å². The zero-order chi connectivity index (χ0) is 12.4. The Kier molecular flexibility index (Phi) is 3.38. The van der Waals surface area contributed by atoms with Gasteiger partial charge in [0, 0.05) is 31.7 Å². The lowest BCUT2D eigenvalue weighted by molar-refractivity contribution is 0.0704. The third-order valence-corrected chi connectivity index (χ3v) is 2.82. The van der Waals surface area contributed by atoms with Crippen molar-refractivity contribution in [3.05, 3.63) is 35.4 Å². The summed E-state index contributed by atoms with van der Waals surface area (Å²) in [5.41, 5.74) is -0.0690. The molecule has 1 saturated heterocycles. The van der Waals surface area contributed by atoms with E-state index in [0.29, 0.717) is 19.6 Å². The van der Waals surface area contributed by atoms with Gasteiger partial charge in [-0.25, -0.2) is 8.78 Å². The highest BCUT2D eigenvalue weighted by atomic mass is 19.1. The standard InChI is InChI=1S/C12H14F2N2O/c1-8-7-16(5-4-15-8)12(17)10-3-2-9(13)6-11(10)14/h2-3,6,8,15H,4-5,7H2,1H3. The second kappa shape index (κ2) is 4.79. The average molecular weight is 240 g/mol. The summed E-state index contributed by atoms with van der Waals surface area (Å²) in [6, 6.07) is 3.22. The smallest absolute Gasteiger partial charge is 0.256 e. The maximum atomic E-state index is 13.4. The van der Waals surface area contributed by atoms with Gasteiger partial charge >= 0.3 is 0 Å². The van der Waals surface area contributed by atoms with Gasteiger partial charge in [0.05, 0.1) is 5.56 Å². The Morgan fingerprint density at radius 1 is 1.47 bits per heavy atom. The number of benzene rings is 1. The lowest BCUT2D eigenvalue weighted by Crippen LogP contribution is -2.51. The van der Waals surface area contributed by atoms with Gasteiger partial charge in [-0.2, -0.15) is 0 Å². The molecular formula is C12H14F2N2O. The molecule has 0 aliphatic carbocycles. The molecule has 92 valence electrons. The molecule has 5 heteroatoms. The highest BCUT2D eigenvalue weighted by Gasteiger charge is 2.23. The zero-order valence-electron chi connectivity index (χ0n) is 9.54. The highest BCUT2D eigenvalue weighted by molar-refractivity contribution is 5.94. The molecule has 1 aromatic carbocycles. The summed E-state index contributed by atoms with van der Waals surface area (Å²) in [5, 5.41) is 3.19. The van der Waals surface area contributed by atoms with Gasteiger partial charge in [0.15, 0.2) is 0 Å². The van der Waals surface area contributed by atoms with Crippen LogP contribution < -0.4 is 5.32 Å². The molecule has 0 spiro atoms. The fraction of sp³-hybridized carbons (Fsp3) is 0.417. The van der Waals surface area contributed by atoms with Crippen LogP contribution in [-0.4, -0.2) is 36.5 Å². The number of halogens is 2. The SMILES string of the molecule is CC1CN(C(=O)c2ccc(F)cc2F)CCN1. The molecule has 17 heavy (non-hydrogen) atoms. The van der Waals surface area contributed by atoms with E-state index in [9.17, 15) is 13.6 Å². The van der Waals surface area contributed by atoms with Crippen LogP contribution in [-0.2, 0) is 0 Å². The van der Waals surface area contributed by atoms with Crippen LogP contribution in [0.4, 0.5) is 8.78 Å². The fourth-order valence-corrected chi connectivity index (χ4v) is 1.95.